The first-order valence-corrected chi connectivity index (χ1v) is 15.3. The molecular weight excluding hydrogens is 544 g/mol. The number of nitrogens with zero attached hydrogens (tertiary/aromatic N) is 1. The number of hydrogen-bond donors (Lipinski definition) is 2. The quantitative estimate of drug-likeness (QED) is 0.147. The normalized spacial score (nSPS) is 14.6. The Balaban J connectivity index is 1.22. The standard InChI is InChI=1S/C35H44N2O6/c1-41-29-18-14-27(15-19-29)33(38)12-5-6-13-34(39)36-32(26-37-22-7-8-23-37)35(40)28-16-20-31(21-17-28)43-25-9-24-42-30-10-3-2-4-11-30/h2-4,10-11,14-21,32,35,40H,5-9,12-13,22-26H2,1H3,(H,36,39)/t32-,35-/m1/s1. The summed E-state index contributed by atoms with van der Waals surface area (Å²) in [5, 5.41) is 14.4. The number of ketones is 1. The lowest BCUT2D eigenvalue weighted by Gasteiger charge is -2.29. The second kappa shape index (κ2) is 17.3. The number of carbonyl (C=O) groups is 2. The van der Waals surface area contributed by atoms with E-state index in [1.807, 2.05) is 54.6 Å². The summed E-state index contributed by atoms with van der Waals surface area (Å²) < 4.78 is 16.7. The van der Waals surface area contributed by atoms with Crippen molar-refractivity contribution in [2.75, 3.05) is 40.0 Å². The number of nitrogens with one attached hydrogen (secondary N) is 1. The lowest BCUT2D eigenvalue weighted by Crippen LogP contribution is -2.46. The van der Waals surface area contributed by atoms with Crippen LogP contribution in [0.5, 0.6) is 17.2 Å². The molecule has 2 N–H and O–H groups in total. The Bertz CT molecular complexity index is 1240. The molecule has 3 aromatic carbocycles. The zero-order valence-corrected chi connectivity index (χ0v) is 25.1. The van der Waals surface area contributed by atoms with E-state index in [0.717, 1.165) is 49.4 Å². The van der Waals surface area contributed by atoms with Crippen LogP contribution in [0, 0.1) is 0 Å². The van der Waals surface area contributed by atoms with E-state index in [1.165, 1.54) is 0 Å². The van der Waals surface area contributed by atoms with Gasteiger partial charge >= 0.3 is 0 Å². The molecule has 1 aliphatic rings. The van der Waals surface area contributed by atoms with Gasteiger partial charge in [-0.25, -0.2) is 0 Å². The summed E-state index contributed by atoms with van der Waals surface area (Å²) in [6.45, 7) is 3.61. The number of benzene rings is 3. The molecule has 0 saturated carbocycles. The van der Waals surface area contributed by atoms with Gasteiger partial charge in [0.15, 0.2) is 5.78 Å². The molecule has 4 rings (SSSR count). The van der Waals surface area contributed by atoms with Crippen LogP contribution in [-0.4, -0.2) is 67.7 Å². The third-order valence-electron chi connectivity index (χ3n) is 7.64. The summed E-state index contributed by atoms with van der Waals surface area (Å²) >= 11 is 0. The fourth-order valence-corrected chi connectivity index (χ4v) is 5.19. The van der Waals surface area contributed by atoms with Crippen LogP contribution in [0.15, 0.2) is 78.9 Å². The number of aliphatic hydroxyl groups excluding tert-OH is 1. The number of hydrogen-bond acceptors (Lipinski definition) is 7. The summed E-state index contributed by atoms with van der Waals surface area (Å²) in [5.41, 5.74) is 1.38. The van der Waals surface area contributed by atoms with Crippen molar-refractivity contribution >= 4 is 11.7 Å². The molecular formula is C35H44N2O6. The number of aliphatic hydroxyl groups is 1. The molecule has 1 saturated heterocycles. The van der Waals surface area contributed by atoms with Crippen LogP contribution in [0.1, 0.15) is 67.0 Å². The van der Waals surface area contributed by atoms with Crippen LogP contribution in [0.4, 0.5) is 0 Å². The number of ether oxygens (including phenoxy) is 3. The molecule has 1 fully saturated rings. The maximum atomic E-state index is 12.9. The number of Topliss-reactive ketones (excluding diaryl/α,β-unsaturated/α-hetero) is 1. The molecule has 0 spiro atoms. The molecule has 0 aromatic heterocycles. The average molecular weight is 589 g/mol. The molecule has 1 heterocycles. The van der Waals surface area contributed by atoms with Crippen molar-refractivity contribution in [3.05, 3.63) is 90.0 Å². The second-order valence-electron chi connectivity index (χ2n) is 10.9. The maximum absolute atomic E-state index is 12.9. The van der Waals surface area contributed by atoms with Gasteiger partial charge in [-0.1, -0.05) is 30.3 Å². The van der Waals surface area contributed by atoms with E-state index in [0.29, 0.717) is 56.8 Å². The molecule has 0 unspecified atom stereocenters. The van der Waals surface area contributed by atoms with Crippen molar-refractivity contribution in [3.8, 4) is 17.2 Å². The minimum absolute atomic E-state index is 0.0540. The highest BCUT2D eigenvalue weighted by molar-refractivity contribution is 5.96. The third-order valence-corrected chi connectivity index (χ3v) is 7.64. The predicted octanol–water partition coefficient (Wildman–Crippen LogP) is 5.60. The van der Waals surface area contributed by atoms with Crippen molar-refractivity contribution in [3.63, 3.8) is 0 Å². The molecule has 8 heteroatoms. The number of likely N-dealkylation sites (tertiary alicyclic amines) is 1. The van der Waals surface area contributed by atoms with E-state index in [2.05, 4.69) is 10.2 Å². The van der Waals surface area contributed by atoms with E-state index in [-0.39, 0.29) is 11.7 Å². The first-order chi connectivity index (χ1) is 21.0. The zero-order valence-electron chi connectivity index (χ0n) is 25.1. The Hall–Kier alpha value is -3.88. The molecule has 1 aliphatic heterocycles. The van der Waals surface area contributed by atoms with Crippen molar-refractivity contribution in [2.24, 2.45) is 0 Å². The van der Waals surface area contributed by atoms with Crippen LogP contribution >= 0.6 is 0 Å². The van der Waals surface area contributed by atoms with Gasteiger partial charge in [0.2, 0.25) is 5.91 Å². The third kappa shape index (κ3) is 10.7. The van der Waals surface area contributed by atoms with Crippen LogP contribution < -0.4 is 19.5 Å². The summed E-state index contributed by atoms with van der Waals surface area (Å²) in [6.07, 6.45) is 4.06. The largest absolute Gasteiger partial charge is 0.497 e. The first kappa shape index (κ1) is 32.0. The van der Waals surface area contributed by atoms with Crippen LogP contribution in [0.3, 0.4) is 0 Å². The van der Waals surface area contributed by atoms with Gasteiger partial charge in [-0.3, -0.25) is 9.59 Å². The molecule has 8 nitrogen and oxygen atoms in total. The Morgan fingerprint density at radius 3 is 2.05 bits per heavy atom. The van der Waals surface area contributed by atoms with E-state index < -0.39 is 12.1 Å². The van der Waals surface area contributed by atoms with E-state index in [9.17, 15) is 14.7 Å². The average Bonchev–Trinajstić information content (AvgIpc) is 3.56. The minimum Gasteiger partial charge on any atom is -0.497 e. The molecule has 43 heavy (non-hydrogen) atoms. The van der Waals surface area contributed by atoms with Gasteiger partial charge in [-0.15, -0.1) is 0 Å². The molecule has 1 amide bonds. The highest BCUT2D eigenvalue weighted by atomic mass is 16.5. The van der Waals surface area contributed by atoms with Gasteiger partial charge < -0.3 is 29.5 Å². The smallest absolute Gasteiger partial charge is 0.220 e. The lowest BCUT2D eigenvalue weighted by atomic mass is 10.0. The fraction of sp³-hybridized carbons (Fsp3) is 0.429. The summed E-state index contributed by atoms with van der Waals surface area (Å²) in [7, 11) is 1.59. The number of methoxy groups -OCH3 is 1. The van der Waals surface area contributed by atoms with Crippen molar-refractivity contribution < 1.29 is 28.9 Å². The van der Waals surface area contributed by atoms with Gasteiger partial charge in [0.1, 0.15) is 23.4 Å². The van der Waals surface area contributed by atoms with Crippen molar-refractivity contribution in [2.45, 2.75) is 57.1 Å². The fourth-order valence-electron chi connectivity index (χ4n) is 5.19. The summed E-state index contributed by atoms with van der Waals surface area (Å²) in [6, 6.07) is 23.8. The topological polar surface area (TPSA) is 97.3 Å². The van der Waals surface area contributed by atoms with E-state index >= 15 is 0 Å². The Labute approximate surface area is 255 Å². The van der Waals surface area contributed by atoms with Gasteiger partial charge in [0, 0.05) is 31.4 Å². The lowest BCUT2D eigenvalue weighted by molar-refractivity contribution is -0.123. The predicted molar refractivity (Wildman–Crippen MR) is 167 cm³/mol. The zero-order chi connectivity index (χ0) is 30.3. The number of unbranched alkanes of at least 4 members (excludes halogenated alkanes) is 1. The van der Waals surface area contributed by atoms with Gasteiger partial charge in [-0.05, 0) is 92.9 Å². The van der Waals surface area contributed by atoms with Gasteiger partial charge in [-0.2, -0.15) is 0 Å². The Kier molecular flexibility index (Phi) is 12.9. The summed E-state index contributed by atoms with van der Waals surface area (Å²) in [5.74, 6) is 2.22. The number of rotatable bonds is 18. The minimum atomic E-state index is -0.852. The van der Waals surface area contributed by atoms with Crippen LogP contribution in [0.2, 0.25) is 0 Å². The van der Waals surface area contributed by atoms with Crippen molar-refractivity contribution in [1.82, 2.24) is 10.2 Å². The van der Waals surface area contributed by atoms with Crippen molar-refractivity contribution in [1.29, 1.82) is 0 Å². The second-order valence-corrected chi connectivity index (χ2v) is 10.9. The van der Waals surface area contributed by atoms with Crippen LogP contribution in [-0.2, 0) is 4.79 Å². The maximum Gasteiger partial charge on any atom is 0.220 e. The highest BCUT2D eigenvalue weighted by Crippen LogP contribution is 2.23. The van der Waals surface area contributed by atoms with E-state index in [1.54, 1.807) is 31.4 Å². The molecule has 0 radical (unpaired) electrons. The molecule has 2 atom stereocenters. The number of carbonyl (C=O) groups excluding carboxylic acids is 2. The van der Waals surface area contributed by atoms with Gasteiger partial charge in [0.25, 0.3) is 0 Å². The molecule has 230 valence electrons. The monoisotopic (exact) mass is 588 g/mol. The molecule has 3 aromatic rings. The number of para-hydroxylation sites is 1. The molecule has 0 bridgehead atoms. The van der Waals surface area contributed by atoms with Gasteiger partial charge in [0.05, 0.1) is 26.4 Å². The first-order valence-electron chi connectivity index (χ1n) is 15.3. The van der Waals surface area contributed by atoms with E-state index in [4.69, 9.17) is 14.2 Å². The van der Waals surface area contributed by atoms with Crippen LogP contribution in [0.25, 0.3) is 0 Å². The summed E-state index contributed by atoms with van der Waals surface area (Å²) in [4.78, 5) is 27.7. The SMILES string of the molecule is COc1ccc(C(=O)CCCCC(=O)N[C@H](CN2CCCC2)[C@H](O)c2ccc(OCCCOc3ccccc3)cc2)cc1. The molecule has 0 aliphatic carbocycles. The Morgan fingerprint density at radius 2 is 1.40 bits per heavy atom. The Morgan fingerprint density at radius 1 is 0.791 bits per heavy atom. The highest BCUT2D eigenvalue weighted by Gasteiger charge is 2.26. The number of amides is 1.